The molecule has 1 aliphatic heterocycles. The summed E-state index contributed by atoms with van der Waals surface area (Å²) >= 11 is 0. The lowest BCUT2D eigenvalue weighted by molar-refractivity contribution is -0.126. The molecule has 0 aromatic heterocycles. The summed E-state index contributed by atoms with van der Waals surface area (Å²) < 4.78 is 0. The number of urea groups is 1. The van der Waals surface area contributed by atoms with Crippen molar-refractivity contribution in [3.63, 3.8) is 0 Å². The summed E-state index contributed by atoms with van der Waals surface area (Å²) in [5, 5.41) is 11.7. The van der Waals surface area contributed by atoms with Gasteiger partial charge in [-0.05, 0) is 19.3 Å². The number of hydrogen-bond donors (Lipinski definition) is 2. The molecule has 0 radical (unpaired) electrons. The molecule has 0 aliphatic carbocycles. The summed E-state index contributed by atoms with van der Waals surface area (Å²) in [6.07, 6.45) is 2.02. The Hall–Kier alpha value is -1.63. The average molecular weight is 285 g/mol. The number of rotatable bonds is 8. The van der Waals surface area contributed by atoms with E-state index in [1.807, 2.05) is 6.92 Å². The van der Waals surface area contributed by atoms with Crippen LogP contribution >= 0.6 is 0 Å². The fraction of sp³-hybridized carbons (Fsp3) is 0.769. The van der Waals surface area contributed by atoms with Crippen LogP contribution in [-0.4, -0.2) is 65.5 Å². The maximum Gasteiger partial charge on any atom is 0.326 e. The van der Waals surface area contributed by atoms with E-state index in [4.69, 9.17) is 5.11 Å². The Morgan fingerprint density at radius 2 is 2.15 bits per heavy atom. The standard InChI is InChI=1S/C13H23N3O4/c1-3-10(6-8-17)14-11(18)5-4-7-16-12(19)9-15(2)13(16)20/h10,17H,3-9H2,1-2H3,(H,14,18). The van der Waals surface area contributed by atoms with Gasteiger partial charge in [-0.2, -0.15) is 0 Å². The van der Waals surface area contributed by atoms with Crippen LogP contribution < -0.4 is 5.32 Å². The Morgan fingerprint density at radius 3 is 2.65 bits per heavy atom. The molecular formula is C13H23N3O4. The number of nitrogens with zero attached hydrogens (tertiary/aromatic N) is 2. The van der Waals surface area contributed by atoms with Crippen molar-refractivity contribution in [2.24, 2.45) is 0 Å². The van der Waals surface area contributed by atoms with Gasteiger partial charge in [-0.3, -0.25) is 14.5 Å². The molecule has 1 unspecified atom stereocenters. The third kappa shape index (κ3) is 4.48. The summed E-state index contributed by atoms with van der Waals surface area (Å²) in [5.74, 6) is -0.331. The van der Waals surface area contributed by atoms with Gasteiger partial charge >= 0.3 is 6.03 Å². The summed E-state index contributed by atoms with van der Waals surface area (Å²) in [7, 11) is 1.58. The van der Waals surface area contributed by atoms with E-state index in [9.17, 15) is 14.4 Å². The first-order chi connectivity index (χ1) is 9.49. The minimum absolute atomic E-state index is 0.0197. The van der Waals surface area contributed by atoms with Crippen molar-refractivity contribution in [3.05, 3.63) is 0 Å². The predicted molar refractivity (Wildman–Crippen MR) is 72.9 cm³/mol. The van der Waals surface area contributed by atoms with E-state index in [-0.39, 0.29) is 50.0 Å². The number of aliphatic hydroxyl groups is 1. The zero-order valence-corrected chi connectivity index (χ0v) is 12.1. The van der Waals surface area contributed by atoms with E-state index in [1.165, 1.54) is 9.80 Å². The maximum atomic E-state index is 11.7. The molecule has 0 aromatic rings. The molecule has 1 rings (SSSR count). The highest BCUT2D eigenvalue weighted by molar-refractivity contribution is 6.01. The van der Waals surface area contributed by atoms with Crippen LogP contribution in [-0.2, 0) is 9.59 Å². The second kappa shape index (κ2) is 7.84. The molecule has 1 atom stereocenters. The van der Waals surface area contributed by atoms with E-state index >= 15 is 0 Å². The van der Waals surface area contributed by atoms with Gasteiger partial charge in [0.2, 0.25) is 11.8 Å². The normalized spacial score (nSPS) is 16.8. The highest BCUT2D eigenvalue weighted by Gasteiger charge is 2.32. The molecule has 1 fully saturated rings. The quantitative estimate of drug-likeness (QED) is 0.611. The molecule has 1 saturated heterocycles. The first-order valence-corrected chi connectivity index (χ1v) is 6.95. The minimum Gasteiger partial charge on any atom is -0.396 e. The maximum absolute atomic E-state index is 11.7. The third-order valence-corrected chi connectivity index (χ3v) is 3.35. The number of imide groups is 1. The van der Waals surface area contributed by atoms with Gasteiger partial charge in [0.05, 0.1) is 0 Å². The average Bonchev–Trinajstić information content (AvgIpc) is 2.64. The van der Waals surface area contributed by atoms with Gasteiger partial charge in [0.25, 0.3) is 0 Å². The van der Waals surface area contributed by atoms with Gasteiger partial charge in [-0.15, -0.1) is 0 Å². The van der Waals surface area contributed by atoms with Crippen molar-refractivity contribution in [2.45, 2.75) is 38.6 Å². The molecule has 1 aliphatic rings. The summed E-state index contributed by atoms with van der Waals surface area (Å²) in [6, 6.07) is -0.323. The van der Waals surface area contributed by atoms with Crippen LogP contribution in [0, 0.1) is 0 Å². The Balaban J connectivity index is 2.28. The van der Waals surface area contributed by atoms with Gasteiger partial charge in [0, 0.05) is 32.7 Å². The molecular weight excluding hydrogens is 262 g/mol. The van der Waals surface area contributed by atoms with Crippen molar-refractivity contribution in [1.82, 2.24) is 15.1 Å². The third-order valence-electron chi connectivity index (χ3n) is 3.35. The highest BCUT2D eigenvalue weighted by Crippen LogP contribution is 2.09. The van der Waals surface area contributed by atoms with Crippen LogP contribution in [0.4, 0.5) is 4.79 Å². The minimum atomic E-state index is -0.304. The van der Waals surface area contributed by atoms with Crippen molar-refractivity contribution >= 4 is 17.8 Å². The van der Waals surface area contributed by atoms with Gasteiger partial charge in [0.1, 0.15) is 6.54 Å². The molecule has 0 saturated carbocycles. The number of hydrogen-bond acceptors (Lipinski definition) is 4. The van der Waals surface area contributed by atoms with Crippen molar-refractivity contribution in [2.75, 3.05) is 26.7 Å². The van der Waals surface area contributed by atoms with Crippen molar-refractivity contribution < 1.29 is 19.5 Å². The molecule has 4 amide bonds. The highest BCUT2D eigenvalue weighted by atomic mass is 16.3. The lowest BCUT2D eigenvalue weighted by Crippen LogP contribution is -2.36. The van der Waals surface area contributed by atoms with Gasteiger partial charge < -0.3 is 15.3 Å². The molecule has 7 nitrogen and oxygen atoms in total. The Labute approximate surface area is 118 Å². The zero-order valence-electron chi connectivity index (χ0n) is 12.1. The number of likely N-dealkylation sites (N-methyl/N-ethyl adjacent to an activating group) is 1. The fourth-order valence-electron chi connectivity index (χ4n) is 2.12. The van der Waals surface area contributed by atoms with E-state index in [0.717, 1.165) is 6.42 Å². The number of aliphatic hydroxyl groups excluding tert-OH is 1. The number of carbonyl (C=O) groups is 3. The molecule has 114 valence electrons. The monoisotopic (exact) mass is 285 g/mol. The lowest BCUT2D eigenvalue weighted by atomic mass is 10.1. The molecule has 0 spiro atoms. The van der Waals surface area contributed by atoms with Crippen LogP contribution in [0.1, 0.15) is 32.6 Å². The van der Waals surface area contributed by atoms with Crippen LogP contribution in [0.15, 0.2) is 0 Å². The van der Waals surface area contributed by atoms with E-state index < -0.39 is 0 Å². The number of carbonyl (C=O) groups excluding carboxylic acids is 3. The smallest absolute Gasteiger partial charge is 0.326 e. The van der Waals surface area contributed by atoms with Crippen molar-refractivity contribution in [1.29, 1.82) is 0 Å². The molecule has 7 heteroatoms. The molecule has 0 bridgehead atoms. The van der Waals surface area contributed by atoms with Crippen LogP contribution in [0.5, 0.6) is 0 Å². The second-order valence-corrected chi connectivity index (χ2v) is 4.97. The van der Waals surface area contributed by atoms with E-state index in [0.29, 0.717) is 12.8 Å². The topological polar surface area (TPSA) is 89.9 Å². The first-order valence-electron chi connectivity index (χ1n) is 6.95. The summed E-state index contributed by atoms with van der Waals surface area (Å²) in [5.41, 5.74) is 0. The van der Waals surface area contributed by atoms with Crippen LogP contribution in [0.25, 0.3) is 0 Å². The van der Waals surface area contributed by atoms with Crippen LogP contribution in [0.2, 0.25) is 0 Å². The SMILES string of the molecule is CCC(CCO)NC(=O)CCCN1C(=O)CN(C)C1=O. The summed E-state index contributed by atoms with van der Waals surface area (Å²) in [6.45, 7) is 2.37. The number of nitrogens with one attached hydrogen (secondary N) is 1. The van der Waals surface area contributed by atoms with E-state index in [1.54, 1.807) is 7.05 Å². The predicted octanol–water partition coefficient (Wildman–Crippen LogP) is -0.0622. The Kier molecular flexibility index (Phi) is 6.44. The molecule has 1 heterocycles. The van der Waals surface area contributed by atoms with Gasteiger partial charge in [-0.25, -0.2) is 4.79 Å². The lowest BCUT2D eigenvalue weighted by Gasteiger charge is -2.17. The zero-order chi connectivity index (χ0) is 15.1. The molecule has 0 aromatic carbocycles. The Bertz CT molecular complexity index is 373. The molecule has 20 heavy (non-hydrogen) atoms. The largest absolute Gasteiger partial charge is 0.396 e. The Morgan fingerprint density at radius 1 is 1.45 bits per heavy atom. The van der Waals surface area contributed by atoms with E-state index in [2.05, 4.69) is 5.32 Å². The second-order valence-electron chi connectivity index (χ2n) is 4.97. The number of amides is 4. The first kappa shape index (κ1) is 16.4. The van der Waals surface area contributed by atoms with Crippen molar-refractivity contribution in [3.8, 4) is 0 Å². The van der Waals surface area contributed by atoms with Gasteiger partial charge in [0.15, 0.2) is 0 Å². The fourth-order valence-corrected chi connectivity index (χ4v) is 2.12. The van der Waals surface area contributed by atoms with Gasteiger partial charge in [-0.1, -0.05) is 6.92 Å². The summed E-state index contributed by atoms with van der Waals surface area (Å²) in [4.78, 5) is 37.4. The van der Waals surface area contributed by atoms with Crippen LogP contribution in [0.3, 0.4) is 0 Å². The molecule has 2 N–H and O–H groups in total.